The van der Waals surface area contributed by atoms with Crippen molar-refractivity contribution in [3.63, 3.8) is 0 Å². The van der Waals surface area contributed by atoms with Gasteiger partial charge in [-0.25, -0.2) is 4.90 Å². The lowest BCUT2D eigenvalue weighted by Crippen LogP contribution is -2.43. The Hall–Kier alpha value is -4.21. The van der Waals surface area contributed by atoms with Crippen LogP contribution >= 0.6 is 23.1 Å². The van der Waals surface area contributed by atoms with Crippen LogP contribution in [-0.4, -0.2) is 77.9 Å². The number of nitro benzene ring substituents is 1. The fourth-order valence-corrected chi connectivity index (χ4v) is 8.46. The summed E-state index contributed by atoms with van der Waals surface area (Å²) in [6, 6.07) is 10.4. The lowest BCUT2D eigenvalue weighted by Gasteiger charge is -2.31. The number of methoxy groups -OCH3 is 2. The number of imide groups is 1. The first-order valence-electron chi connectivity index (χ1n) is 13.3. The fourth-order valence-electron chi connectivity index (χ4n) is 5.69. The minimum atomic E-state index is -0.910. The quantitative estimate of drug-likeness (QED) is 0.217. The molecule has 3 atom stereocenters. The molecule has 3 aliphatic rings. The van der Waals surface area contributed by atoms with E-state index in [0.717, 1.165) is 28.0 Å². The lowest BCUT2D eigenvalue weighted by molar-refractivity contribution is -0.384. The number of nitrogens with zero attached hydrogens (tertiary/aromatic N) is 4. The molecule has 3 aliphatic heterocycles. The molecule has 3 aromatic rings. The van der Waals surface area contributed by atoms with Gasteiger partial charge in [-0.2, -0.15) is 0 Å². The maximum Gasteiger partial charge on any atom is 0.308 e. The van der Waals surface area contributed by atoms with E-state index in [1.165, 1.54) is 43.1 Å². The van der Waals surface area contributed by atoms with Crippen LogP contribution in [0.4, 0.5) is 11.4 Å². The number of hydrogen-bond acceptors (Lipinski definition) is 11. The molecule has 0 N–H and O–H groups in total. The number of carbonyl (C=O) groups is 3. The molecule has 15 heteroatoms. The number of fused-ring (bicyclic) bond motifs is 2. The number of rotatable bonds is 7. The molecular weight excluding hydrogens is 600 g/mol. The number of amides is 3. The summed E-state index contributed by atoms with van der Waals surface area (Å²) in [4.78, 5) is 68.0. The van der Waals surface area contributed by atoms with Crippen molar-refractivity contribution in [3.8, 4) is 11.5 Å². The molecule has 0 bridgehead atoms. The normalized spacial score (nSPS) is 21.4. The van der Waals surface area contributed by atoms with Gasteiger partial charge < -0.3 is 19.1 Å². The van der Waals surface area contributed by atoms with E-state index >= 15 is 0 Å². The second-order valence-corrected chi connectivity index (χ2v) is 12.2. The maximum absolute atomic E-state index is 14.1. The van der Waals surface area contributed by atoms with E-state index in [9.17, 15) is 29.3 Å². The summed E-state index contributed by atoms with van der Waals surface area (Å²) in [6.07, 6.45) is 0. The smallest absolute Gasteiger partial charge is 0.308 e. The fraction of sp³-hybridized carbons (Fsp3) is 0.357. The first-order valence-corrected chi connectivity index (χ1v) is 15.0. The molecule has 2 saturated heterocycles. The van der Waals surface area contributed by atoms with Gasteiger partial charge in [-0.15, -0.1) is 0 Å². The summed E-state index contributed by atoms with van der Waals surface area (Å²) < 4.78 is 17.6. The van der Waals surface area contributed by atoms with Gasteiger partial charge in [0.25, 0.3) is 5.69 Å². The monoisotopic (exact) mass is 626 g/mol. The topological polar surface area (TPSA) is 151 Å². The zero-order valence-corrected chi connectivity index (χ0v) is 24.7. The predicted octanol–water partition coefficient (Wildman–Crippen LogP) is 2.49. The Morgan fingerprint density at radius 1 is 1.02 bits per heavy atom. The van der Waals surface area contributed by atoms with Crippen LogP contribution in [-0.2, 0) is 25.7 Å². The molecule has 4 heterocycles. The molecule has 43 heavy (non-hydrogen) atoms. The first kappa shape index (κ1) is 28.9. The van der Waals surface area contributed by atoms with Crippen molar-refractivity contribution in [2.45, 2.75) is 22.7 Å². The van der Waals surface area contributed by atoms with Gasteiger partial charge in [0.1, 0.15) is 11.8 Å². The molecule has 0 radical (unpaired) electrons. The van der Waals surface area contributed by atoms with Crippen molar-refractivity contribution in [1.82, 2.24) is 9.47 Å². The van der Waals surface area contributed by atoms with E-state index in [1.807, 2.05) is 0 Å². The molecule has 3 amide bonds. The lowest BCUT2D eigenvalue weighted by atomic mass is 9.83. The van der Waals surface area contributed by atoms with Crippen molar-refractivity contribution in [1.29, 1.82) is 0 Å². The van der Waals surface area contributed by atoms with Gasteiger partial charge in [0.05, 0.1) is 49.0 Å². The average molecular weight is 627 g/mol. The highest BCUT2D eigenvalue weighted by molar-refractivity contribution is 8.00. The standard InChI is InChI=1S/C28H26N4O9S2/c1-39-18-8-3-15(13-19(18)40-2)21-22-23(26(35)31(25(22)34)16-4-6-17(7-5-16)32(37)38)42-27-24(21)43-28(36)30(27)14-20(33)29-9-11-41-12-10-29/h3-8,13,21-23H,9-12,14H2,1-2H3/t21-,22-,23+/m0/s1. The summed E-state index contributed by atoms with van der Waals surface area (Å²) in [5, 5.41) is 10.7. The van der Waals surface area contributed by atoms with Crippen molar-refractivity contribution < 1.29 is 33.5 Å². The van der Waals surface area contributed by atoms with Crippen LogP contribution in [0.5, 0.6) is 11.5 Å². The van der Waals surface area contributed by atoms with Gasteiger partial charge in [0, 0.05) is 36.0 Å². The second kappa shape index (κ2) is 11.5. The summed E-state index contributed by atoms with van der Waals surface area (Å²) >= 11 is 2.05. The Labute approximate surface area is 253 Å². The van der Waals surface area contributed by atoms with Crippen LogP contribution in [0.2, 0.25) is 0 Å². The summed E-state index contributed by atoms with van der Waals surface area (Å²) in [6.45, 7) is 1.46. The highest BCUT2D eigenvalue weighted by Gasteiger charge is 2.57. The number of hydrogen-bond donors (Lipinski definition) is 0. The van der Waals surface area contributed by atoms with Crippen LogP contribution in [0.25, 0.3) is 0 Å². The Bertz CT molecular complexity index is 1680. The zero-order chi connectivity index (χ0) is 30.4. The van der Waals surface area contributed by atoms with E-state index in [-0.39, 0.29) is 28.7 Å². The third kappa shape index (κ3) is 4.96. The second-order valence-electron chi connectivity index (χ2n) is 10.1. The number of benzene rings is 2. The minimum absolute atomic E-state index is 0.172. The molecule has 13 nitrogen and oxygen atoms in total. The van der Waals surface area contributed by atoms with Crippen LogP contribution in [0, 0.1) is 16.0 Å². The van der Waals surface area contributed by atoms with Crippen LogP contribution in [0.1, 0.15) is 16.4 Å². The average Bonchev–Trinajstić information content (AvgIpc) is 3.47. The third-order valence-electron chi connectivity index (χ3n) is 7.79. The molecular formula is C28H26N4O9S2. The molecule has 0 aliphatic carbocycles. The number of morpholine rings is 1. The molecule has 0 spiro atoms. The number of non-ortho nitro benzene ring substituents is 1. The van der Waals surface area contributed by atoms with E-state index in [0.29, 0.717) is 53.3 Å². The predicted molar refractivity (Wildman–Crippen MR) is 156 cm³/mol. The van der Waals surface area contributed by atoms with E-state index in [2.05, 4.69) is 0 Å². The maximum atomic E-state index is 14.1. The number of thioether (sulfide) groups is 1. The van der Waals surface area contributed by atoms with Crippen molar-refractivity contribution >= 4 is 52.2 Å². The Kier molecular flexibility index (Phi) is 7.70. The molecule has 2 fully saturated rings. The summed E-state index contributed by atoms with van der Waals surface area (Å²) in [5.41, 5.74) is 0.674. The first-order chi connectivity index (χ1) is 20.7. The van der Waals surface area contributed by atoms with Crippen molar-refractivity contribution in [2.24, 2.45) is 5.92 Å². The van der Waals surface area contributed by atoms with E-state index in [4.69, 9.17) is 14.2 Å². The third-order valence-corrected chi connectivity index (χ3v) is 10.4. The number of carbonyl (C=O) groups excluding carboxylic acids is 3. The SMILES string of the molecule is COc1ccc([C@@H]2c3sc(=O)n(CC(=O)N4CCOCC4)c3S[C@H]3C(=O)N(c4ccc([N+](=O)[O-])cc4)C(=O)[C@@H]23)cc1OC. The summed E-state index contributed by atoms with van der Waals surface area (Å²) in [5.74, 6) is -1.95. The van der Waals surface area contributed by atoms with Gasteiger partial charge in [-0.3, -0.25) is 33.9 Å². The molecule has 1 aromatic heterocycles. The van der Waals surface area contributed by atoms with Crippen molar-refractivity contribution in [3.05, 3.63) is 72.7 Å². The van der Waals surface area contributed by atoms with Gasteiger partial charge >= 0.3 is 4.87 Å². The van der Waals surface area contributed by atoms with Gasteiger partial charge in [0.2, 0.25) is 17.7 Å². The molecule has 224 valence electrons. The van der Waals surface area contributed by atoms with Crippen LogP contribution in [0.3, 0.4) is 0 Å². The number of ether oxygens (including phenoxy) is 3. The number of thiazole rings is 1. The van der Waals surface area contributed by atoms with E-state index < -0.39 is 33.8 Å². The number of anilines is 1. The minimum Gasteiger partial charge on any atom is -0.493 e. The van der Waals surface area contributed by atoms with Crippen LogP contribution < -0.4 is 19.2 Å². The Balaban J connectivity index is 1.45. The van der Waals surface area contributed by atoms with Gasteiger partial charge in [-0.1, -0.05) is 29.2 Å². The Morgan fingerprint density at radius 3 is 2.37 bits per heavy atom. The van der Waals surface area contributed by atoms with Crippen LogP contribution in [0.15, 0.2) is 52.3 Å². The van der Waals surface area contributed by atoms with Gasteiger partial charge in [0.15, 0.2) is 11.5 Å². The largest absolute Gasteiger partial charge is 0.493 e. The molecule has 0 saturated carbocycles. The highest BCUT2D eigenvalue weighted by atomic mass is 32.2. The molecule has 0 unspecified atom stereocenters. The number of aromatic nitrogens is 1. The van der Waals surface area contributed by atoms with Gasteiger partial charge in [-0.05, 0) is 29.8 Å². The Morgan fingerprint density at radius 2 is 1.72 bits per heavy atom. The van der Waals surface area contributed by atoms with E-state index in [1.54, 1.807) is 23.1 Å². The summed E-state index contributed by atoms with van der Waals surface area (Å²) in [7, 11) is 2.99. The number of nitro groups is 1. The van der Waals surface area contributed by atoms with Crippen molar-refractivity contribution in [2.75, 3.05) is 45.4 Å². The molecule has 6 rings (SSSR count). The zero-order valence-electron chi connectivity index (χ0n) is 23.1. The highest BCUT2D eigenvalue weighted by Crippen LogP contribution is 2.54. The molecule has 2 aromatic carbocycles.